The molecule has 2 heterocycles. The number of rotatable bonds is 8. The first-order valence-electron chi connectivity index (χ1n) is 24.0. The lowest BCUT2D eigenvalue weighted by Crippen LogP contribution is -2.28. The third-order valence-corrected chi connectivity index (χ3v) is 14.6. The van der Waals surface area contributed by atoms with Gasteiger partial charge in [-0.25, -0.2) is 0 Å². The van der Waals surface area contributed by atoms with Gasteiger partial charge in [0.2, 0.25) is 0 Å². The summed E-state index contributed by atoms with van der Waals surface area (Å²) in [6, 6.07) is 94.1. The van der Waals surface area contributed by atoms with Crippen LogP contribution in [0.15, 0.2) is 270 Å². The summed E-state index contributed by atoms with van der Waals surface area (Å²) in [5, 5.41) is 4.09. The smallest absolute Gasteiger partial charge is 0.144 e. The van der Waals surface area contributed by atoms with Gasteiger partial charge in [-0.15, -0.1) is 0 Å². The standard InChI is InChI=1S/C67H43NO2/c1-5-20-44(21-6-1)45-36-38-47(39-37-45)63-65-54-30-15-18-34-60(54)69-62(65)43-55-64-59(33-19-35-61(64)70-66(55)63)68(58-32-17-14-28-51(58)46-22-7-2-8-23-46)50-40-41-53-52-29-13-16-31-56(52)67(57(53)42-50,48-24-9-3-10-25-48)49-26-11-4-12-27-49/h1-43H. The maximum atomic E-state index is 7.25. The average Bonchev–Trinajstić information content (AvgIpc) is 4.10. The van der Waals surface area contributed by atoms with Crippen molar-refractivity contribution in [2.75, 3.05) is 4.90 Å². The summed E-state index contributed by atoms with van der Waals surface area (Å²) in [4.78, 5) is 2.46. The van der Waals surface area contributed by atoms with Crippen LogP contribution in [0.25, 0.3) is 88.4 Å². The van der Waals surface area contributed by atoms with E-state index in [-0.39, 0.29) is 0 Å². The molecule has 0 radical (unpaired) electrons. The third-order valence-electron chi connectivity index (χ3n) is 14.6. The highest BCUT2D eigenvalue weighted by Gasteiger charge is 2.46. The SMILES string of the molecule is c1ccc(-c2ccc(-c3c4oc5cccc(N(c6ccc7c(c6)C(c6ccccc6)(c6ccccc6)c6ccccc6-7)c6ccccc6-c6ccccc6)c5c4cc4oc5ccccc5c34)cc2)cc1. The summed E-state index contributed by atoms with van der Waals surface area (Å²) >= 11 is 0. The number of hydrogen-bond acceptors (Lipinski definition) is 3. The van der Waals surface area contributed by atoms with Gasteiger partial charge in [0.1, 0.15) is 22.3 Å². The van der Waals surface area contributed by atoms with Gasteiger partial charge in [-0.1, -0.05) is 218 Å². The van der Waals surface area contributed by atoms with Crippen molar-refractivity contribution in [1.82, 2.24) is 0 Å². The highest BCUT2D eigenvalue weighted by Crippen LogP contribution is 2.58. The van der Waals surface area contributed by atoms with Gasteiger partial charge in [-0.3, -0.25) is 0 Å². The summed E-state index contributed by atoms with van der Waals surface area (Å²) in [6.07, 6.45) is 0. The van der Waals surface area contributed by atoms with Crippen LogP contribution in [0, 0.1) is 0 Å². The normalized spacial score (nSPS) is 12.7. The quantitative estimate of drug-likeness (QED) is 0.152. The highest BCUT2D eigenvalue weighted by molar-refractivity contribution is 6.25. The van der Waals surface area contributed by atoms with Gasteiger partial charge in [0.25, 0.3) is 0 Å². The zero-order valence-corrected chi connectivity index (χ0v) is 38.1. The van der Waals surface area contributed by atoms with Crippen LogP contribution in [0.4, 0.5) is 17.1 Å². The molecule has 0 N–H and O–H groups in total. The molecule has 3 heteroatoms. The Hall–Kier alpha value is -9.18. The molecule has 0 fully saturated rings. The van der Waals surface area contributed by atoms with E-state index in [2.05, 4.69) is 260 Å². The van der Waals surface area contributed by atoms with E-state index in [1.165, 1.54) is 38.9 Å². The van der Waals surface area contributed by atoms with Crippen molar-refractivity contribution >= 4 is 60.9 Å². The number of furan rings is 2. The average molecular weight is 894 g/mol. The fourth-order valence-electron chi connectivity index (χ4n) is 11.6. The molecule has 0 saturated carbocycles. The first-order valence-corrected chi connectivity index (χ1v) is 24.0. The van der Waals surface area contributed by atoms with E-state index < -0.39 is 5.41 Å². The molecule has 0 atom stereocenters. The predicted molar refractivity (Wildman–Crippen MR) is 289 cm³/mol. The molecule has 0 bridgehead atoms. The van der Waals surface area contributed by atoms with E-state index in [0.29, 0.717) is 0 Å². The van der Waals surface area contributed by atoms with E-state index in [9.17, 15) is 0 Å². The summed E-state index contributed by atoms with van der Waals surface area (Å²) < 4.78 is 14.1. The molecule has 13 aromatic rings. The van der Waals surface area contributed by atoms with Crippen molar-refractivity contribution in [3.05, 3.63) is 283 Å². The van der Waals surface area contributed by atoms with Crippen molar-refractivity contribution < 1.29 is 8.83 Å². The summed E-state index contributed by atoms with van der Waals surface area (Å²) in [5.41, 5.74) is 19.9. The lowest BCUT2D eigenvalue weighted by molar-refractivity contribution is 0.664. The molecule has 14 rings (SSSR count). The Balaban J connectivity index is 1.07. The molecule has 328 valence electrons. The summed E-state index contributed by atoms with van der Waals surface area (Å²) in [7, 11) is 0. The minimum Gasteiger partial charge on any atom is -0.456 e. The van der Waals surface area contributed by atoms with Crippen molar-refractivity contribution in [3.63, 3.8) is 0 Å². The Morgan fingerprint density at radius 3 is 1.61 bits per heavy atom. The molecule has 0 aliphatic heterocycles. The first-order chi connectivity index (χ1) is 34.7. The fourth-order valence-corrected chi connectivity index (χ4v) is 11.6. The van der Waals surface area contributed by atoms with Crippen LogP contribution >= 0.6 is 0 Å². The lowest BCUT2D eigenvalue weighted by atomic mass is 9.67. The molecule has 0 spiro atoms. The van der Waals surface area contributed by atoms with Crippen LogP contribution in [0.1, 0.15) is 22.3 Å². The molecule has 3 nitrogen and oxygen atoms in total. The second-order valence-electron chi connectivity index (χ2n) is 18.3. The molecular weight excluding hydrogens is 851 g/mol. The minimum absolute atomic E-state index is 0.582. The van der Waals surface area contributed by atoms with E-state index in [1.807, 2.05) is 6.07 Å². The second-order valence-corrected chi connectivity index (χ2v) is 18.3. The Morgan fingerprint density at radius 1 is 0.314 bits per heavy atom. The molecule has 0 unspecified atom stereocenters. The summed E-state index contributed by atoms with van der Waals surface area (Å²) in [5.74, 6) is 0. The molecular formula is C67H43NO2. The van der Waals surface area contributed by atoms with Crippen molar-refractivity contribution in [2.45, 2.75) is 5.41 Å². The Morgan fingerprint density at radius 2 is 0.871 bits per heavy atom. The lowest BCUT2D eigenvalue weighted by Gasteiger charge is -2.35. The zero-order valence-electron chi connectivity index (χ0n) is 38.1. The number of benzene rings is 11. The summed E-state index contributed by atoms with van der Waals surface area (Å²) in [6.45, 7) is 0. The van der Waals surface area contributed by atoms with Gasteiger partial charge in [-0.05, 0) is 98.1 Å². The first kappa shape index (κ1) is 39.9. The molecule has 11 aromatic carbocycles. The van der Waals surface area contributed by atoms with E-state index in [0.717, 1.165) is 88.8 Å². The molecule has 1 aliphatic carbocycles. The van der Waals surface area contributed by atoms with Crippen LogP contribution in [0.5, 0.6) is 0 Å². The number of anilines is 3. The third kappa shape index (κ3) is 6.01. The van der Waals surface area contributed by atoms with Crippen molar-refractivity contribution in [2.24, 2.45) is 0 Å². The topological polar surface area (TPSA) is 29.5 Å². The zero-order chi connectivity index (χ0) is 46.2. The molecule has 0 saturated heterocycles. The van der Waals surface area contributed by atoms with Gasteiger partial charge in [-0.2, -0.15) is 0 Å². The van der Waals surface area contributed by atoms with Crippen molar-refractivity contribution in [1.29, 1.82) is 0 Å². The van der Waals surface area contributed by atoms with Gasteiger partial charge in [0.05, 0.1) is 22.2 Å². The van der Waals surface area contributed by atoms with Crippen LogP contribution < -0.4 is 4.90 Å². The van der Waals surface area contributed by atoms with Crippen LogP contribution in [-0.4, -0.2) is 0 Å². The molecule has 0 amide bonds. The Bertz CT molecular complexity index is 4060. The van der Waals surface area contributed by atoms with E-state index in [1.54, 1.807) is 0 Å². The number of nitrogens with zero attached hydrogens (tertiary/aromatic N) is 1. The molecule has 1 aliphatic rings. The maximum absolute atomic E-state index is 7.25. The minimum atomic E-state index is -0.582. The predicted octanol–water partition coefficient (Wildman–Crippen LogP) is 18.3. The van der Waals surface area contributed by atoms with Gasteiger partial charge in [0.15, 0.2) is 0 Å². The van der Waals surface area contributed by atoms with Gasteiger partial charge >= 0.3 is 0 Å². The van der Waals surface area contributed by atoms with Gasteiger partial charge < -0.3 is 13.7 Å². The van der Waals surface area contributed by atoms with Crippen molar-refractivity contribution in [3.8, 4) is 44.5 Å². The second kappa shape index (κ2) is 16.0. The number of fused-ring (bicyclic) bond motifs is 9. The van der Waals surface area contributed by atoms with E-state index in [4.69, 9.17) is 8.83 Å². The maximum Gasteiger partial charge on any atom is 0.144 e. The number of para-hydroxylation sites is 2. The van der Waals surface area contributed by atoms with Crippen LogP contribution in [0.3, 0.4) is 0 Å². The molecule has 2 aromatic heterocycles. The van der Waals surface area contributed by atoms with Crippen LogP contribution in [0.2, 0.25) is 0 Å². The Labute approximate surface area is 405 Å². The number of hydrogen-bond donors (Lipinski definition) is 0. The fraction of sp³-hybridized carbons (Fsp3) is 0.0149. The van der Waals surface area contributed by atoms with E-state index >= 15 is 0 Å². The monoisotopic (exact) mass is 893 g/mol. The Kier molecular flexibility index (Phi) is 9.11. The highest BCUT2D eigenvalue weighted by atomic mass is 16.3. The molecule has 70 heavy (non-hydrogen) atoms. The van der Waals surface area contributed by atoms with Gasteiger partial charge in [0, 0.05) is 33.0 Å². The largest absolute Gasteiger partial charge is 0.456 e. The van der Waals surface area contributed by atoms with Crippen LogP contribution in [-0.2, 0) is 5.41 Å².